The molecule has 3 heterocycles. The Morgan fingerprint density at radius 1 is 1.35 bits per heavy atom. The van der Waals surface area contributed by atoms with E-state index in [1.165, 1.54) is 9.75 Å². The summed E-state index contributed by atoms with van der Waals surface area (Å²) >= 11 is 1.80. The molecular formula is C16H19N3O3S. The third-order valence-corrected chi connectivity index (χ3v) is 5.56. The number of ether oxygens (including phenoxy) is 1. The van der Waals surface area contributed by atoms with Crippen LogP contribution in [0.4, 0.5) is 0 Å². The zero-order valence-electron chi connectivity index (χ0n) is 13.2. The quantitative estimate of drug-likeness (QED) is 0.863. The van der Waals surface area contributed by atoms with Crippen LogP contribution in [0, 0.1) is 19.8 Å². The van der Waals surface area contributed by atoms with Crippen LogP contribution in [0.2, 0.25) is 0 Å². The van der Waals surface area contributed by atoms with Gasteiger partial charge >= 0.3 is 0 Å². The Labute approximate surface area is 138 Å². The van der Waals surface area contributed by atoms with Crippen molar-refractivity contribution in [1.29, 1.82) is 0 Å². The minimum absolute atomic E-state index is 0.122. The molecule has 0 bridgehead atoms. The highest BCUT2D eigenvalue weighted by atomic mass is 32.1. The normalized spacial score (nSPS) is 27.2. The summed E-state index contributed by atoms with van der Waals surface area (Å²) in [6, 6.07) is 4.28. The number of carbonyl (C=O) groups is 1. The molecule has 0 N–H and O–H groups in total. The maximum absolute atomic E-state index is 12.7. The van der Waals surface area contributed by atoms with Crippen molar-refractivity contribution in [3.63, 3.8) is 0 Å². The number of carbonyl (C=O) groups excluding carboxylic acids is 1. The van der Waals surface area contributed by atoms with Gasteiger partial charge < -0.3 is 14.1 Å². The zero-order valence-corrected chi connectivity index (χ0v) is 14.0. The van der Waals surface area contributed by atoms with Crippen molar-refractivity contribution in [2.75, 3.05) is 19.7 Å². The minimum Gasteiger partial charge on any atom is -0.423 e. The number of amides is 1. The van der Waals surface area contributed by atoms with Gasteiger partial charge in [-0.25, -0.2) is 0 Å². The molecular weight excluding hydrogens is 314 g/mol. The van der Waals surface area contributed by atoms with Crippen molar-refractivity contribution < 1.29 is 13.9 Å². The Kier molecular flexibility index (Phi) is 3.69. The number of hydrogen-bond donors (Lipinski definition) is 0. The number of thiophene rings is 1. The molecule has 2 aromatic heterocycles. The lowest BCUT2D eigenvalue weighted by atomic mass is 10.2. The molecule has 0 spiro atoms. The van der Waals surface area contributed by atoms with Gasteiger partial charge in [0, 0.05) is 35.1 Å². The molecule has 7 heteroatoms. The van der Waals surface area contributed by atoms with E-state index in [0.717, 1.165) is 6.42 Å². The van der Waals surface area contributed by atoms with Crippen LogP contribution in [0.3, 0.4) is 0 Å². The first-order valence-electron chi connectivity index (χ1n) is 7.88. The van der Waals surface area contributed by atoms with Gasteiger partial charge in [0.1, 0.15) is 0 Å². The first-order valence-corrected chi connectivity index (χ1v) is 8.70. The largest absolute Gasteiger partial charge is 0.423 e. The first-order chi connectivity index (χ1) is 11.1. The summed E-state index contributed by atoms with van der Waals surface area (Å²) in [5, 5.41) is 7.85. The Balaban J connectivity index is 1.41. The van der Waals surface area contributed by atoms with E-state index in [-0.39, 0.29) is 17.9 Å². The molecule has 23 heavy (non-hydrogen) atoms. The van der Waals surface area contributed by atoms with E-state index in [1.54, 1.807) is 18.3 Å². The van der Waals surface area contributed by atoms with E-state index >= 15 is 0 Å². The van der Waals surface area contributed by atoms with Crippen LogP contribution in [0.5, 0.6) is 0 Å². The van der Waals surface area contributed by atoms with Gasteiger partial charge in [0.25, 0.3) is 0 Å². The van der Waals surface area contributed by atoms with Crippen molar-refractivity contribution in [2.24, 2.45) is 5.92 Å². The highest BCUT2D eigenvalue weighted by Gasteiger charge is 2.47. The average molecular weight is 333 g/mol. The number of hydrogen-bond acceptors (Lipinski definition) is 6. The molecule has 1 saturated heterocycles. The summed E-state index contributed by atoms with van der Waals surface area (Å²) in [6.07, 6.45) is 0.649. The van der Waals surface area contributed by atoms with Crippen LogP contribution in [-0.2, 0) is 9.53 Å². The third kappa shape index (κ3) is 2.90. The van der Waals surface area contributed by atoms with Gasteiger partial charge in [-0.1, -0.05) is 0 Å². The standard InChI is InChI=1S/C16H19N3O3S/c1-9-3-4-14(23-9)11-7-12(11)16(20)19-5-6-21-13(8-19)15-18-17-10(2)22-15/h3-4,11-13H,5-8H2,1-2H3/t11-,12+,13+/m1/s1. The average Bonchev–Trinajstić information content (AvgIpc) is 3.04. The summed E-state index contributed by atoms with van der Waals surface area (Å²) in [6.45, 7) is 5.49. The second-order valence-corrected chi connectivity index (χ2v) is 7.52. The van der Waals surface area contributed by atoms with Gasteiger partial charge in [-0.15, -0.1) is 21.5 Å². The topological polar surface area (TPSA) is 68.5 Å². The molecule has 3 atom stereocenters. The van der Waals surface area contributed by atoms with Crippen LogP contribution in [0.1, 0.15) is 40.0 Å². The van der Waals surface area contributed by atoms with Gasteiger partial charge in [-0.2, -0.15) is 0 Å². The molecule has 4 rings (SSSR count). The van der Waals surface area contributed by atoms with E-state index in [4.69, 9.17) is 9.15 Å². The molecule has 0 radical (unpaired) electrons. The number of rotatable bonds is 3. The number of aryl methyl sites for hydroxylation is 2. The molecule has 0 unspecified atom stereocenters. The van der Waals surface area contributed by atoms with Crippen LogP contribution in [0.25, 0.3) is 0 Å². The molecule has 1 saturated carbocycles. The Bertz CT molecular complexity index is 726. The number of aromatic nitrogens is 2. The molecule has 1 aliphatic carbocycles. The molecule has 1 aliphatic heterocycles. The lowest BCUT2D eigenvalue weighted by Gasteiger charge is -2.31. The first kappa shape index (κ1) is 14.8. The lowest BCUT2D eigenvalue weighted by Crippen LogP contribution is -2.43. The summed E-state index contributed by atoms with van der Waals surface area (Å²) < 4.78 is 11.1. The fourth-order valence-corrected chi connectivity index (χ4v) is 4.17. The fraction of sp³-hybridized carbons (Fsp3) is 0.562. The van der Waals surface area contributed by atoms with E-state index in [2.05, 4.69) is 29.3 Å². The van der Waals surface area contributed by atoms with Gasteiger partial charge in [0.05, 0.1) is 13.2 Å². The van der Waals surface area contributed by atoms with Gasteiger partial charge in [0.15, 0.2) is 6.10 Å². The lowest BCUT2D eigenvalue weighted by molar-refractivity contribution is -0.141. The smallest absolute Gasteiger partial charge is 0.246 e. The second-order valence-electron chi connectivity index (χ2n) is 6.20. The molecule has 0 aromatic carbocycles. The predicted molar refractivity (Wildman–Crippen MR) is 84.2 cm³/mol. The summed E-state index contributed by atoms with van der Waals surface area (Å²) in [5.41, 5.74) is 0. The fourth-order valence-electron chi connectivity index (χ4n) is 3.11. The van der Waals surface area contributed by atoms with Crippen LogP contribution in [0.15, 0.2) is 16.5 Å². The SMILES string of the molecule is Cc1nnc([C@@H]2CN(C(=O)[C@H]3C[C@H]3c3ccc(C)s3)CCO2)o1. The zero-order chi connectivity index (χ0) is 16.0. The number of morpholine rings is 1. The van der Waals surface area contributed by atoms with E-state index < -0.39 is 0 Å². The Morgan fingerprint density at radius 3 is 2.91 bits per heavy atom. The van der Waals surface area contributed by atoms with Crippen molar-refractivity contribution in [1.82, 2.24) is 15.1 Å². The van der Waals surface area contributed by atoms with E-state index in [9.17, 15) is 4.79 Å². The molecule has 2 fully saturated rings. The maximum Gasteiger partial charge on any atom is 0.246 e. The van der Waals surface area contributed by atoms with Crippen molar-refractivity contribution >= 4 is 17.2 Å². The molecule has 1 amide bonds. The molecule has 122 valence electrons. The van der Waals surface area contributed by atoms with Gasteiger partial charge in [0.2, 0.25) is 17.7 Å². The summed E-state index contributed by atoms with van der Waals surface area (Å²) in [5.74, 6) is 1.72. The van der Waals surface area contributed by atoms with Crippen molar-refractivity contribution in [3.8, 4) is 0 Å². The highest BCUT2D eigenvalue weighted by Crippen LogP contribution is 2.50. The predicted octanol–water partition coefficient (Wildman–Crippen LogP) is 2.45. The number of nitrogens with zero attached hydrogens (tertiary/aromatic N) is 3. The van der Waals surface area contributed by atoms with Crippen LogP contribution in [-0.4, -0.2) is 40.7 Å². The Morgan fingerprint density at radius 2 is 2.22 bits per heavy atom. The molecule has 2 aliphatic rings. The maximum atomic E-state index is 12.7. The van der Waals surface area contributed by atoms with Crippen molar-refractivity contribution in [3.05, 3.63) is 33.7 Å². The van der Waals surface area contributed by atoms with Crippen LogP contribution >= 0.6 is 11.3 Å². The van der Waals surface area contributed by atoms with E-state index in [0.29, 0.717) is 37.4 Å². The third-order valence-electron chi connectivity index (χ3n) is 4.43. The van der Waals surface area contributed by atoms with Crippen molar-refractivity contribution in [2.45, 2.75) is 32.3 Å². The molecule has 2 aromatic rings. The van der Waals surface area contributed by atoms with Gasteiger partial charge in [-0.3, -0.25) is 4.79 Å². The molecule has 6 nitrogen and oxygen atoms in total. The summed E-state index contributed by atoms with van der Waals surface area (Å²) in [7, 11) is 0. The monoisotopic (exact) mass is 333 g/mol. The second kappa shape index (κ2) is 5.72. The Hall–Kier alpha value is -1.73. The summed E-state index contributed by atoms with van der Waals surface area (Å²) in [4.78, 5) is 17.3. The van der Waals surface area contributed by atoms with Gasteiger partial charge in [-0.05, 0) is 25.5 Å². The van der Waals surface area contributed by atoms with E-state index in [1.807, 2.05) is 4.90 Å². The minimum atomic E-state index is -0.310. The van der Waals surface area contributed by atoms with Crippen LogP contribution < -0.4 is 0 Å². The highest BCUT2D eigenvalue weighted by molar-refractivity contribution is 7.12.